The number of benzene rings is 2. The molecule has 2 atom stereocenters. The second-order valence-electron chi connectivity index (χ2n) is 7.93. The zero-order chi connectivity index (χ0) is 22.0. The highest BCUT2D eigenvalue weighted by molar-refractivity contribution is 5.81. The third-order valence-corrected chi connectivity index (χ3v) is 5.75. The third-order valence-electron chi connectivity index (χ3n) is 5.75. The van der Waals surface area contributed by atoms with E-state index in [1.807, 2.05) is 11.0 Å². The molecule has 0 saturated carbocycles. The number of carbonyl (C=O) groups is 1. The Morgan fingerprint density at radius 3 is 2.97 bits per heavy atom. The van der Waals surface area contributed by atoms with Gasteiger partial charge in [0.05, 0.1) is 29.6 Å². The molecule has 0 spiro atoms. The Labute approximate surface area is 178 Å². The Hall–Kier alpha value is -3.44. The van der Waals surface area contributed by atoms with Crippen molar-refractivity contribution < 1.29 is 13.6 Å². The van der Waals surface area contributed by atoms with E-state index in [1.165, 1.54) is 0 Å². The minimum atomic E-state index is -0.851. The fourth-order valence-electron chi connectivity index (χ4n) is 4.05. The van der Waals surface area contributed by atoms with Crippen molar-refractivity contribution in [2.75, 3.05) is 26.7 Å². The SMILES string of the molecule is CN(C(=O)Cc1ccc2oc(=O)[nH]c2c1)[C@H](CN1CC[C@H](F)C1)c1cccc(C#N)c1. The minimum absolute atomic E-state index is 0.117. The molecule has 0 radical (unpaired) electrons. The van der Waals surface area contributed by atoms with E-state index < -0.39 is 11.9 Å². The van der Waals surface area contributed by atoms with Gasteiger partial charge in [0.2, 0.25) is 5.91 Å². The van der Waals surface area contributed by atoms with Crippen LogP contribution in [0.2, 0.25) is 0 Å². The number of rotatable bonds is 6. The number of hydrogen-bond donors (Lipinski definition) is 1. The van der Waals surface area contributed by atoms with Gasteiger partial charge in [-0.1, -0.05) is 18.2 Å². The summed E-state index contributed by atoms with van der Waals surface area (Å²) in [5, 5.41) is 9.27. The van der Waals surface area contributed by atoms with Crippen LogP contribution in [0.3, 0.4) is 0 Å². The predicted octanol–water partition coefficient (Wildman–Crippen LogP) is 2.78. The van der Waals surface area contributed by atoms with Gasteiger partial charge in [-0.3, -0.25) is 14.7 Å². The number of fused-ring (bicyclic) bond motifs is 1. The average Bonchev–Trinajstić information content (AvgIpc) is 3.35. The van der Waals surface area contributed by atoms with Crippen LogP contribution in [0.25, 0.3) is 11.1 Å². The highest BCUT2D eigenvalue weighted by Gasteiger charge is 2.29. The van der Waals surface area contributed by atoms with Crippen LogP contribution in [-0.4, -0.2) is 53.5 Å². The van der Waals surface area contributed by atoms with E-state index in [2.05, 4.69) is 11.1 Å². The number of nitrogens with zero attached hydrogens (tertiary/aromatic N) is 3. The van der Waals surface area contributed by atoms with E-state index in [4.69, 9.17) is 4.42 Å². The lowest BCUT2D eigenvalue weighted by molar-refractivity contribution is -0.131. The highest BCUT2D eigenvalue weighted by atomic mass is 19.1. The average molecular weight is 422 g/mol. The first-order valence-electron chi connectivity index (χ1n) is 10.2. The lowest BCUT2D eigenvalue weighted by Crippen LogP contribution is -2.39. The Morgan fingerprint density at radius 2 is 2.23 bits per heavy atom. The lowest BCUT2D eigenvalue weighted by Gasteiger charge is -2.32. The molecule has 2 aromatic carbocycles. The second-order valence-corrected chi connectivity index (χ2v) is 7.93. The molecule has 8 heteroatoms. The van der Waals surface area contributed by atoms with Crippen LogP contribution in [-0.2, 0) is 11.2 Å². The van der Waals surface area contributed by atoms with Crippen LogP contribution in [0.1, 0.15) is 29.2 Å². The number of aromatic amines is 1. The summed E-state index contributed by atoms with van der Waals surface area (Å²) in [5.74, 6) is -0.654. The van der Waals surface area contributed by atoms with Gasteiger partial charge in [-0.15, -0.1) is 0 Å². The first-order chi connectivity index (χ1) is 14.9. The highest BCUT2D eigenvalue weighted by Crippen LogP contribution is 2.25. The molecule has 1 saturated heterocycles. The van der Waals surface area contributed by atoms with Crippen molar-refractivity contribution in [2.45, 2.75) is 25.1 Å². The van der Waals surface area contributed by atoms with Crippen LogP contribution in [0.5, 0.6) is 0 Å². The van der Waals surface area contributed by atoms with E-state index in [0.717, 1.165) is 11.1 Å². The quantitative estimate of drug-likeness (QED) is 0.659. The van der Waals surface area contributed by atoms with E-state index >= 15 is 0 Å². The van der Waals surface area contributed by atoms with Crippen molar-refractivity contribution in [1.29, 1.82) is 5.26 Å². The molecule has 160 valence electrons. The standard InChI is InChI=1S/C23H23FN4O3/c1-27(22(29)11-15-5-6-21-19(10-15)26-23(30)31-21)20(14-28-8-7-18(24)13-28)17-4-2-3-16(9-17)12-25/h2-6,9-10,18,20H,7-8,11,13-14H2,1H3,(H,26,30)/t18-,20+/m0/s1. The number of alkyl halides is 1. The summed E-state index contributed by atoms with van der Waals surface area (Å²) in [6.07, 6.45) is -0.221. The molecule has 1 aliphatic heterocycles. The van der Waals surface area contributed by atoms with Crippen molar-refractivity contribution in [3.8, 4) is 6.07 Å². The predicted molar refractivity (Wildman–Crippen MR) is 113 cm³/mol. The summed E-state index contributed by atoms with van der Waals surface area (Å²) in [6.45, 7) is 1.48. The molecule has 1 N–H and O–H groups in total. The molecule has 3 aromatic rings. The first-order valence-corrected chi connectivity index (χ1v) is 10.2. The number of halogens is 1. The summed E-state index contributed by atoms with van der Waals surface area (Å²) in [6, 6.07) is 14.1. The van der Waals surface area contributed by atoms with E-state index in [0.29, 0.717) is 42.7 Å². The van der Waals surface area contributed by atoms with E-state index in [-0.39, 0.29) is 18.4 Å². The molecule has 0 unspecified atom stereocenters. The molecular weight excluding hydrogens is 399 g/mol. The Bertz CT molecular complexity index is 1200. The van der Waals surface area contributed by atoms with Crippen LogP contribution in [0, 0.1) is 11.3 Å². The zero-order valence-electron chi connectivity index (χ0n) is 17.2. The molecular formula is C23H23FN4O3. The number of amides is 1. The smallest absolute Gasteiger partial charge is 0.408 e. The van der Waals surface area contributed by atoms with Crippen LogP contribution < -0.4 is 5.76 Å². The molecule has 1 aliphatic rings. The van der Waals surface area contributed by atoms with Crippen LogP contribution >= 0.6 is 0 Å². The second kappa shape index (κ2) is 8.74. The Kier molecular flexibility index (Phi) is 5.87. The number of nitriles is 1. The maximum atomic E-state index is 13.7. The zero-order valence-corrected chi connectivity index (χ0v) is 17.2. The van der Waals surface area contributed by atoms with Gasteiger partial charge in [-0.05, 0) is 41.8 Å². The molecule has 31 heavy (non-hydrogen) atoms. The molecule has 1 amide bonds. The lowest BCUT2D eigenvalue weighted by atomic mass is 10.0. The van der Waals surface area contributed by atoms with Crippen molar-refractivity contribution in [2.24, 2.45) is 0 Å². The van der Waals surface area contributed by atoms with Gasteiger partial charge in [-0.2, -0.15) is 5.26 Å². The van der Waals surface area contributed by atoms with Crippen LogP contribution in [0.15, 0.2) is 51.7 Å². The summed E-state index contributed by atoms with van der Waals surface area (Å²) in [5.41, 5.74) is 3.09. The van der Waals surface area contributed by atoms with Gasteiger partial charge in [-0.25, -0.2) is 9.18 Å². The van der Waals surface area contributed by atoms with E-state index in [9.17, 15) is 19.2 Å². The topological polar surface area (TPSA) is 93.3 Å². The molecule has 1 fully saturated rings. The maximum absolute atomic E-state index is 13.7. The van der Waals surface area contributed by atoms with Crippen molar-refractivity contribution in [1.82, 2.24) is 14.8 Å². The van der Waals surface area contributed by atoms with Gasteiger partial charge in [0, 0.05) is 26.7 Å². The third kappa shape index (κ3) is 4.67. The number of hydrogen-bond acceptors (Lipinski definition) is 5. The summed E-state index contributed by atoms with van der Waals surface area (Å²) >= 11 is 0. The van der Waals surface area contributed by atoms with Gasteiger partial charge in [0.25, 0.3) is 0 Å². The molecule has 7 nitrogen and oxygen atoms in total. The number of aromatic nitrogens is 1. The number of carbonyl (C=O) groups excluding carboxylic acids is 1. The Balaban J connectivity index is 1.56. The van der Waals surface area contributed by atoms with Gasteiger partial charge < -0.3 is 9.32 Å². The van der Waals surface area contributed by atoms with Crippen molar-refractivity contribution >= 4 is 17.0 Å². The minimum Gasteiger partial charge on any atom is -0.408 e. The monoisotopic (exact) mass is 422 g/mol. The van der Waals surface area contributed by atoms with Gasteiger partial charge in [0.15, 0.2) is 5.58 Å². The molecule has 1 aromatic heterocycles. The number of nitrogens with one attached hydrogen (secondary N) is 1. The molecule has 4 rings (SSSR count). The van der Waals surface area contributed by atoms with Gasteiger partial charge in [0.1, 0.15) is 6.17 Å². The number of H-pyrrole nitrogens is 1. The fourth-order valence-corrected chi connectivity index (χ4v) is 4.05. The van der Waals surface area contributed by atoms with Crippen LogP contribution in [0.4, 0.5) is 4.39 Å². The van der Waals surface area contributed by atoms with Crippen molar-refractivity contribution in [3.63, 3.8) is 0 Å². The number of likely N-dealkylation sites (tertiary alicyclic amines) is 1. The largest absolute Gasteiger partial charge is 0.417 e. The number of oxazole rings is 1. The van der Waals surface area contributed by atoms with Gasteiger partial charge >= 0.3 is 5.76 Å². The fraction of sp³-hybridized carbons (Fsp3) is 0.348. The summed E-state index contributed by atoms with van der Waals surface area (Å²) in [7, 11) is 1.73. The Morgan fingerprint density at radius 1 is 1.39 bits per heavy atom. The molecule has 0 aliphatic carbocycles. The van der Waals surface area contributed by atoms with Crippen molar-refractivity contribution in [3.05, 3.63) is 69.7 Å². The maximum Gasteiger partial charge on any atom is 0.417 e. The molecule has 0 bridgehead atoms. The summed E-state index contributed by atoms with van der Waals surface area (Å²) in [4.78, 5) is 30.8. The number of likely N-dealkylation sites (N-methyl/N-ethyl adjacent to an activating group) is 1. The first kappa shape index (κ1) is 20.8. The normalized spacial score (nSPS) is 17.5. The molecule has 2 heterocycles. The van der Waals surface area contributed by atoms with E-state index in [1.54, 1.807) is 48.3 Å². The summed E-state index contributed by atoms with van der Waals surface area (Å²) < 4.78 is 18.7.